The van der Waals surface area contributed by atoms with E-state index in [-0.39, 0.29) is 71.0 Å². The first kappa shape index (κ1) is 39.0. The van der Waals surface area contributed by atoms with E-state index < -0.39 is 39.7 Å². The third-order valence-electron chi connectivity index (χ3n) is 10.6. The molecule has 1 saturated heterocycles. The number of carbonyl (C=O) groups excluding carboxylic acids is 6. The van der Waals surface area contributed by atoms with Crippen molar-refractivity contribution < 1.29 is 41.9 Å². The highest BCUT2D eigenvalue weighted by atomic mass is 32.2. The number of benzene rings is 4. The minimum Gasteiger partial charge on any atom is -0.495 e. The Morgan fingerprint density at radius 1 is 0.930 bits per heavy atom. The number of rotatable bonds is 15. The van der Waals surface area contributed by atoms with Crippen LogP contribution in [0.25, 0.3) is 10.8 Å². The van der Waals surface area contributed by atoms with Gasteiger partial charge < -0.3 is 20.3 Å². The lowest BCUT2D eigenvalue weighted by atomic mass is 9.98. The Labute approximate surface area is 329 Å². The summed E-state index contributed by atoms with van der Waals surface area (Å²) in [6.45, 7) is 2.32. The predicted molar refractivity (Wildman–Crippen MR) is 212 cm³/mol. The average Bonchev–Trinajstić information content (AvgIpc) is 3.59. The molecule has 4 aromatic carbocycles. The summed E-state index contributed by atoms with van der Waals surface area (Å²) in [4.78, 5) is 80.0. The maximum absolute atomic E-state index is 13.6. The van der Waals surface area contributed by atoms with Crippen LogP contribution in [0.5, 0.6) is 5.75 Å². The summed E-state index contributed by atoms with van der Waals surface area (Å²) in [5.74, 6) is -2.59. The molecule has 0 radical (unpaired) electrons. The minimum absolute atomic E-state index is 0.0248. The van der Waals surface area contributed by atoms with E-state index in [9.17, 15) is 37.2 Å². The Hall–Kier alpha value is -6.29. The molecule has 16 heteroatoms. The average molecular weight is 795 g/mol. The third-order valence-corrected chi connectivity index (χ3v) is 12.0. The molecule has 0 saturated carbocycles. The molecule has 0 aromatic heterocycles. The van der Waals surface area contributed by atoms with Gasteiger partial charge in [-0.2, -0.15) is 0 Å². The summed E-state index contributed by atoms with van der Waals surface area (Å²) < 4.78 is 35.0. The fraction of sp³-hybridized carbons (Fsp3) is 0.317. The first-order valence-electron chi connectivity index (χ1n) is 18.7. The maximum atomic E-state index is 13.6. The van der Waals surface area contributed by atoms with E-state index in [2.05, 4.69) is 20.7 Å². The van der Waals surface area contributed by atoms with Crippen LogP contribution in [-0.4, -0.2) is 81.5 Å². The third kappa shape index (κ3) is 7.39. The van der Waals surface area contributed by atoms with Crippen molar-refractivity contribution in [3.63, 3.8) is 0 Å². The van der Waals surface area contributed by atoms with Crippen molar-refractivity contribution >= 4 is 73.3 Å². The summed E-state index contributed by atoms with van der Waals surface area (Å²) >= 11 is 0. The number of anilines is 3. The SMILES string of the molecule is CCCC(CCNC(=O)CCc1cc2c3c(ccc(NS(=O)(=O)c4ccccc4OC)c3c1)N(C)C2=O)Nc1cccc2c1C(=O)N(C1CCC(=O)NC1=O)C2=O. The van der Waals surface area contributed by atoms with E-state index in [1.807, 2.05) is 6.92 Å². The summed E-state index contributed by atoms with van der Waals surface area (Å²) in [5.41, 5.74) is 2.82. The van der Waals surface area contributed by atoms with Gasteiger partial charge in [0.15, 0.2) is 0 Å². The second-order valence-corrected chi connectivity index (χ2v) is 15.9. The van der Waals surface area contributed by atoms with Gasteiger partial charge in [-0.3, -0.25) is 43.7 Å². The second-order valence-electron chi connectivity index (χ2n) is 14.3. The number of ether oxygens (including phenoxy) is 1. The molecule has 15 nitrogen and oxygen atoms in total. The lowest BCUT2D eigenvalue weighted by Gasteiger charge is -2.28. The van der Waals surface area contributed by atoms with Crippen molar-refractivity contribution in [1.82, 2.24) is 15.5 Å². The van der Waals surface area contributed by atoms with Crippen LogP contribution in [0.15, 0.2) is 71.6 Å². The Morgan fingerprint density at radius 2 is 1.72 bits per heavy atom. The quantitative estimate of drug-likeness (QED) is 0.125. The molecule has 3 aliphatic heterocycles. The molecule has 3 heterocycles. The van der Waals surface area contributed by atoms with Gasteiger partial charge in [-0.25, -0.2) is 8.42 Å². The van der Waals surface area contributed by atoms with Crippen LogP contribution < -0.4 is 30.3 Å². The molecule has 6 amide bonds. The first-order chi connectivity index (χ1) is 27.3. The molecule has 4 aromatic rings. The molecule has 57 heavy (non-hydrogen) atoms. The van der Waals surface area contributed by atoms with Crippen molar-refractivity contribution in [2.75, 3.05) is 35.6 Å². The van der Waals surface area contributed by atoms with Gasteiger partial charge >= 0.3 is 0 Å². The number of fused-ring (bicyclic) bond motifs is 1. The van der Waals surface area contributed by atoms with Crippen LogP contribution in [-0.2, 0) is 30.8 Å². The van der Waals surface area contributed by atoms with Crippen molar-refractivity contribution in [3.8, 4) is 5.75 Å². The molecule has 0 aliphatic carbocycles. The monoisotopic (exact) mass is 794 g/mol. The highest BCUT2D eigenvalue weighted by molar-refractivity contribution is 7.92. The van der Waals surface area contributed by atoms with Crippen molar-refractivity contribution in [2.24, 2.45) is 0 Å². The van der Waals surface area contributed by atoms with Gasteiger partial charge in [0.05, 0.1) is 35.2 Å². The zero-order chi connectivity index (χ0) is 40.6. The van der Waals surface area contributed by atoms with Gasteiger partial charge in [-0.1, -0.05) is 31.5 Å². The fourth-order valence-corrected chi connectivity index (χ4v) is 9.01. The fourth-order valence-electron chi connectivity index (χ4n) is 7.76. The van der Waals surface area contributed by atoms with Gasteiger partial charge in [0, 0.05) is 48.9 Å². The van der Waals surface area contributed by atoms with E-state index in [0.29, 0.717) is 52.7 Å². The van der Waals surface area contributed by atoms with E-state index in [4.69, 9.17) is 4.74 Å². The number of imide groups is 2. The molecule has 4 N–H and O–H groups in total. The van der Waals surface area contributed by atoms with Crippen LogP contribution in [0.1, 0.15) is 82.1 Å². The molecule has 0 bridgehead atoms. The number of methoxy groups -OCH3 is 1. The van der Waals surface area contributed by atoms with Crippen LogP contribution in [0, 0.1) is 0 Å². The minimum atomic E-state index is -4.08. The number of nitrogens with zero attached hydrogens (tertiary/aromatic N) is 2. The van der Waals surface area contributed by atoms with E-state index in [0.717, 1.165) is 11.3 Å². The van der Waals surface area contributed by atoms with E-state index in [1.54, 1.807) is 67.7 Å². The normalized spacial score (nSPS) is 16.8. The molecule has 296 valence electrons. The largest absolute Gasteiger partial charge is 0.495 e. The summed E-state index contributed by atoms with van der Waals surface area (Å²) in [5, 5.41) is 9.70. The number of hydrogen-bond donors (Lipinski definition) is 4. The molecular formula is C41H42N6O9S. The second kappa shape index (κ2) is 15.7. The first-order valence-corrected chi connectivity index (χ1v) is 20.2. The topological polar surface area (TPSA) is 200 Å². The Bertz CT molecular complexity index is 2470. The van der Waals surface area contributed by atoms with Crippen molar-refractivity contribution in [2.45, 2.75) is 68.8 Å². The summed E-state index contributed by atoms with van der Waals surface area (Å²) in [6.07, 6.45) is 2.46. The molecular weight excluding hydrogens is 753 g/mol. The van der Waals surface area contributed by atoms with E-state index >= 15 is 0 Å². The highest BCUT2D eigenvalue weighted by Gasteiger charge is 2.45. The predicted octanol–water partition coefficient (Wildman–Crippen LogP) is 4.36. The molecule has 3 aliphatic rings. The Balaban J connectivity index is 1.02. The van der Waals surface area contributed by atoms with Crippen molar-refractivity contribution in [3.05, 3.63) is 89.0 Å². The number of hydrogen-bond acceptors (Lipinski definition) is 10. The van der Waals surface area contributed by atoms with E-state index in [1.165, 1.54) is 18.1 Å². The maximum Gasteiger partial charge on any atom is 0.265 e. The van der Waals surface area contributed by atoms with Gasteiger partial charge in [0.25, 0.3) is 27.7 Å². The number of para-hydroxylation sites is 1. The highest BCUT2D eigenvalue weighted by Crippen LogP contribution is 2.42. The van der Waals surface area contributed by atoms with Gasteiger partial charge in [0.2, 0.25) is 17.7 Å². The zero-order valence-corrected chi connectivity index (χ0v) is 32.5. The zero-order valence-electron chi connectivity index (χ0n) is 31.6. The smallest absolute Gasteiger partial charge is 0.265 e. The van der Waals surface area contributed by atoms with Crippen LogP contribution in [0.4, 0.5) is 17.1 Å². The van der Waals surface area contributed by atoms with Gasteiger partial charge in [-0.05, 0) is 79.8 Å². The number of amides is 6. The number of nitrogens with one attached hydrogen (secondary N) is 4. The molecule has 1 fully saturated rings. The Morgan fingerprint density at radius 3 is 2.47 bits per heavy atom. The number of piperidine rings is 1. The van der Waals surface area contributed by atoms with Gasteiger partial charge in [0.1, 0.15) is 16.7 Å². The van der Waals surface area contributed by atoms with Crippen LogP contribution in [0.2, 0.25) is 0 Å². The lowest BCUT2D eigenvalue weighted by molar-refractivity contribution is -0.136. The molecule has 7 rings (SSSR count). The molecule has 2 atom stereocenters. The van der Waals surface area contributed by atoms with Crippen LogP contribution >= 0.6 is 0 Å². The van der Waals surface area contributed by atoms with Crippen LogP contribution in [0.3, 0.4) is 0 Å². The number of carbonyl (C=O) groups is 6. The lowest BCUT2D eigenvalue weighted by Crippen LogP contribution is -2.54. The molecule has 2 unspecified atom stereocenters. The number of aryl methyl sites for hydroxylation is 1. The summed E-state index contributed by atoms with van der Waals surface area (Å²) in [6, 6.07) is 16.8. The van der Waals surface area contributed by atoms with Gasteiger partial charge in [-0.15, -0.1) is 0 Å². The Kier molecular flexibility index (Phi) is 10.7. The summed E-state index contributed by atoms with van der Waals surface area (Å²) in [7, 11) is -1.04. The van der Waals surface area contributed by atoms with Crippen molar-refractivity contribution in [1.29, 1.82) is 0 Å². The molecule has 0 spiro atoms. The standard InChI is InChI=1S/C41H42N6O9S/c1-4-8-24(43-29-10-7-9-25-37(29)41(53)47(40(25)52)31-16-18-35(49)44-38(31)50)19-20-42-34(48)17-13-23-21-26-28(14-15-30-36(26)27(22-23)39(51)46(30)2)45-57(54,55)33-12-6-5-11-32(33)56-3/h5-7,9-12,14-15,21-22,24,31,43,45H,4,8,13,16-20H2,1-3H3,(H,42,48)(H,44,49,50). The number of sulfonamides is 1.